The Morgan fingerprint density at radius 3 is 2.79 bits per heavy atom. The van der Waals surface area contributed by atoms with Gasteiger partial charge in [-0.1, -0.05) is 33.7 Å². The average molecular weight is 867 g/mol. The van der Waals surface area contributed by atoms with Gasteiger partial charge in [0.25, 0.3) is 0 Å². The third-order valence-electron chi connectivity index (χ3n) is 14.2. The second-order valence-corrected chi connectivity index (χ2v) is 20.6. The van der Waals surface area contributed by atoms with E-state index < -0.39 is 47.3 Å². The molecule has 320 valence electrons. The zero-order valence-corrected chi connectivity index (χ0v) is 35.6. The number of rotatable bonds is 2. The van der Waals surface area contributed by atoms with Crippen molar-refractivity contribution in [2.75, 3.05) is 11.5 Å². The number of aromatic nitrogens is 2. The SMILES string of the molecule is Cc1cc(=O)c2c(O)c3c(cc2o1)O[C@@]1(C)CCSSCC2=C(N)NC(Cn4cc5cc[nH]c5c4)C=C2C2C=C(C=C(N)N2)CC[C@H]2O[C@]24C(=O)O[C@@H]1[C@@H]3[C@@H]1CC[C@@H]4[C@@H](O)C1. The smallest absolute Gasteiger partial charge is 0.342 e. The molecule has 3 aromatic heterocycles. The van der Waals surface area contributed by atoms with E-state index in [0.29, 0.717) is 85.3 Å². The van der Waals surface area contributed by atoms with Crippen LogP contribution in [0.1, 0.15) is 62.7 Å². The first-order valence-electron chi connectivity index (χ1n) is 21.2. The Morgan fingerprint density at radius 2 is 1.95 bits per heavy atom. The maximum absolute atomic E-state index is 14.9. The summed E-state index contributed by atoms with van der Waals surface area (Å²) in [4.78, 5) is 31.5. The van der Waals surface area contributed by atoms with Crippen LogP contribution in [0.5, 0.6) is 11.5 Å². The lowest BCUT2D eigenvalue weighted by molar-refractivity contribution is -0.175. The number of aromatic amines is 1. The van der Waals surface area contributed by atoms with Crippen LogP contribution in [0.15, 0.2) is 92.6 Å². The Morgan fingerprint density at radius 1 is 1.08 bits per heavy atom. The Hall–Kier alpha value is -4.90. The number of aliphatic hydroxyl groups is 1. The number of nitrogens with two attached hydrogens (primary N) is 2. The third-order valence-corrected chi connectivity index (χ3v) is 16.5. The molecule has 0 radical (unpaired) electrons. The van der Waals surface area contributed by atoms with Gasteiger partial charge in [0, 0.05) is 83.6 Å². The van der Waals surface area contributed by atoms with E-state index in [1.165, 1.54) is 6.07 Å². The topological polar surface area (TPSA) is 216 Å². The number of hydrogen-bond donors (Lipinski definition) is 7. The van der Waals surface area contributed by atoms with Crippen LogP contribution in [0, 0.1) is 18.8 Å². The van der Waals surface area contributed by atoms with Crippen molar-refractivity contribution in [3.05, 3.63) is 105 Å². The fraction of sp³-hybridized carbons (Fsp3) is 0.467. The predicted octanol–water partition coefficient (Wildman–Crippen LogP) is 5.20. The summed E-state index contributed by atoms with van der Waals surface area (Å²) in [7, 11) is 3.37. The molecule has 16 heteroatoms. The minimum Gasteiger partial charge on any atom is -0.507 e. The number of hydrogen-bond acceptors (Lipinski definition) is 14. The molecule has 8 aliphatic rings. The van der Waals surface area contributed by atoms with E-state index in [2.05, 4.69) is 50.8 Å². The number of allylic oxidation sites excluding steroid dienone is 2. The molecule has 10 heterocycles. The van der Waals surface area contributed by atoms with Crippen molar-refractivity contribution < 1.29 is 33.6 Å². The van der Waals surface area contributed by atoms with Crippen LogP contribution in [0.25, 0.3) is 21.9 Å². The first-order chi connectivity index (χ1) is 29.4. The monoisotopic (exact) mass is 866 g/mol. The molecule has 9 N–H and O–H groups in total. The number of phenolic OH excluding ortho intramolecular Hbond substituents is 1. The van der Waals surface area contributed by atoms with E-state index in [1.54, 1.807) is 34.6 Å². The molecular formula is C45H50N6O8S2. The highest BCUT2D eigenvalue weighted by Gasteiger charge is 2.71. The van der Waals surface area contributed by atoms with Gasteiger partial charge in [-0.2, -0.15) is 0 Å². The second kappa shape index (κ2) is 14.3. The number of carbonyl (C=O) groups excluding carboxylic acids is 1. The lowest BCUT2D eigenvalue weighted by Crippen LogP contribution is -2.55. The normalized spacial score (nSPS) is 34.7. The van der Waals surface area contributed by atoms with Gasteiger partial charge in [-0.25, -0.2) is 4.79 Å². The molecule has 10 atom stereocenters. The fourth-order valence-corrected chi connectivity index (χ4v) is 13.7. The maximum atomic E-state index is 14.9. The van der Waals surface area contributed by atoms with Crippen molar-refractivity contribution in [2.45, 2.75) is 106 Å². The van der Waals surface area contributed by atoms with E-state index in [1.807, 2.05) is 19.2 Å². The zero-order valence-electron chi connectivity index (χ0n) is 33.9. The molecule has 2 unspecified atom stereocenters. The summed E-state index contributed by atoms with van der Waals surface area (Å²) in [5.41, 5.74) is 15.5. The summed E-state index contributed by atoms with van der Waals surface area (Å²) in [6.07, 6.45) is 13.5. The Labute approximate surface area is 359 Å². The van der Waals surface area contributed by atoms with Gasteiger partial charge in [-0.3, -0.25) is 4.79 Å². The molecule has 3 saturated heterocycles. The molecule has 6 bridgehead atoms. The number of carbonyl (C=O) groups is 1. The number of fused-ring (bicyclic) bond motifs is 8. The zero-order chi connectivity index (χ0) is 41.9. The number of aromatic hydroxyl groups is 1. The van der Waals surface area contributed by atoms with Gasteiger partial charge in [0.2, 0.25) is 0 Å². The van der Waals surface area contributed by atoms with Crippen LogP contribution in [0.2, 0.25) is 0 Å². The van der Waals surface area contributed by atoms with Gasteiger partial charge in [0.05, 0.1) is 35.6 Å². The van der Waals surface area contributed by atoms with Crippen LogP contribution in [-0.4, -0.2) is 78.8 Å². The first-order valence-corrected chi connectivity index (χ1v) is 23.7. The molecule has 4 fully saturated rings. The van der Waals surface area contributed by atoms with E-state index in [-0.39, 0.29) is 40.1 Å². The summed E-state index contributed by atoms with van der Waals surface area (Å²) in [6, 6.07) is 4.79. The fourth-order valence-electron chi connectivity index (χ4n) is 11.3. The number of benzene rings is 1. The van der Waals surface area contributed by atoms with Gasteiger partial charge < -0.3 is 60.5 Å². The molecule has 1 aromatic carbocycles. The van der Waals surface area contributed by atoms with Crippen molar-refractivity contribution in [3.63, 3.8) is 0 Å². The summed E-state index contributed by atoms with van der Waals surface area (Å²) in [5, 5.41) is 32.3. The van der Waals surface area contributed by atoms with E-state index in [0.717, 1.165) is 27.6 Å². The summed E-state index contributed by atoms with van der Waals surface area (Å²) >= 11 is 0. The molecule has 61 heavy (non-hydrogen) atoms. The van der Waals surface area contributed by atoms with Gasteiger partial charge in [0.15, 0.2) is 11.0 Å². The molecule has 14 nitrogen and oxygen atoms in total. The van der Waals surface area contributed by atoms with Gasteiger partial charge in [-0.15, -0.1) is 0 Å². The number of H-pyrrole nitrogens is 1. The highest BCUT2D eigenvalue weighted by molar-refractivity contribution is 8.76. The highest BCUT2D eigenvalue weighted by atomic mass is 33.1. The third kappa shape index (κ3) is 6.38. The molecule has 1 spiro atoms. The molecule has 1 saturated carbocycles. The number of aliphatic hydroxyl groups excluding tert-OH is 1. The van der Waals surface area contributed by atoms with Crippen molar-refractivity contribution >= 4 is 49.4 Å². The van der Waals surface area contributed by atoms with Crippen LogP contribution in [0.4, 0.5) is 0 Å². The standard InChI is InChI=1S/C45H50N6O8S2/c1-21-11-32(53)38-33(56-21)16-34-39(40(38)54)37-23-4-5-28(31(52)14-23)45-35(59-45)6-3-22-12-29(50-36(46)13-22)26-15-25(18-51-17-24-7-9-48-30(24)19-51)49-42(47)27(26)20-61-60-10-8-44(2,58-34)41(37)57-43(45)55/h7,9,11-13,15-17,19,23,25,28-29,31,35,37,41,48-50,52,54H,3-6,8,10,14,18,20,46-47H2,1-2H3/t23-,25?,28-,29?,31+,35-,37-,41-,44+,45+/m1/s1. The molecule has 4 aromatic rings. The van der Waals surface area contributed by atoms with Gasteiger partial charge >= 0.3 is 5.97 Å². The van der Waals surface area contributed by atoms with Crippen molar-refractivity contribution in [2.24, 2.45) is 23.3 Å². The summed E-state index contributed by atoms with van der Waals surface area (Å²) in [5.74, 6) is 1.22. The van der Waals surface area contributed by atoms with Crippen LogP contribution in [0.3, 0.4) is 0 Å². The number of ether oxygens (including phenoxy) is 3. The quantitative estimate of drug-likeness (QED) is 0.0784. The maximum Gasteiger partial charge on any atom is 0.342 e. The highest BCUT2D eigenvalue weighted by Crippen LogP contribution is 2.60. The Balaban J connectivity index is 0.976. The van der Waals surface area contributed by atoms with Gasteiger partial charge in [-0.05, 0) is 75.2 Å². The first kappa shape index (κ1) is 39.0. The minimum absolute atomic E-state index is 0.0589. The lowest BCUT2D eigenvalue weighted by Gasteiger charge is -2.48. The Kier molecular flexibility index (Phi) is 9.15. The minimum atomic E-state index is -1.33. The second-order valence-electron chi connectivity index (χ2n) is 18.0. The lowest BCUT2D eigenvalue weighted by atomic mass is 9.64. The molecule has 1 aliphatic carbocycles. The van der Waals surface area contributed by atoms with E-state index >= 15 is 0 Å². The molecular weight excluding hydrogens is 817 g/mol. The summed E-state index contributed by atoms with van der Waals surface area (Å²) in [6.45, 7) is 4.33. The number of phenols is 1. The van der Waals surface area contributed by atoms with Crippen molar-refractivity contribution in [1.29, 1.82) is 0 Å². The van der Waals surface area contributed by atoms with Gasteiger partial charge in [0.1, 0.15) is 45.8 Å². The van der Waals surface area contributed by atoms with Crippen LogP contribution >= 0.6 is 21.6 Å². The number of epoxide rings is 1. The predicted molar refractivity (Wildman–Crippen MR) is 234 cm³/mol. The largest absolute Gasteiger partial charge is 0.507 e. The van der Waals surface area contributed by atoms with Crippen LogP contribution in [-0.2, 0) is 20.8 Å². The molecule has 7 aliphatic heterocycles. The van der Waals surface area contributed by atoms with Crippen molar-refractivity contribution in [1.82, 2.24) is 20.2 Å². The average Bonchev–Trinajstić information content (AvgIpc) is 3.53. The summed E-state index contributed by atoms with van der Waals surface area (Å²) < 4.78 is 28.3. The number of aryl methyl sites for hydroxylation is 1. The van der Waals surface area contributed by atoms with Crippen LogP contribution < -0.4 is 32.3 Å². The number of nitrogens with zero attached hydrogens (tertiary/aromatic N) is 1. The molecule has 12 rings (SSSR count). The van der Waals surface area contributed by atoms with E-state index in [9.17, 15) is 19.8 Å². The number of nitrogens with one attached hydrogen (secondary N) is 3. The number of dihydropyridines is 2. The Bertz CT molecular complexity index is 2650. The number of esters is 1. The van der Waals surface area contributed by atoms with Crippen molar-refractivity contribution in [3.8, 4) is 11.5 Å². The molecule has 0 amide bonds. The van der Waals surface area contributed by atoms with E-state index in [4.69, 9.17) is 30.1 Å².